The smallest absolute Gasteiger partial charge is 0.224 e. The molecule has 2 rings (SSSR count). The Bertz CT molecular complexity index is 315. The van der Waals surface area contributed by atoms with Crippen LogP contribution in [-0.2, 0) is 11.2 Å². The number of alkyl halides is 1. The van der Waals surface area contributed by atoms with Crippen LogP contribution in [0.3, 0.4) is 0 Å². The van der Waals surface area contributed by atoms with E-state index in [-0.39, 0.29) is 11.3 Å². The number of likely N-dealkylation sites (tertiary alicyclic amines) is 1. The van der Waals surface area contributed by atoms with Crippen LogP contribution in [0.5, 0.6) is 0 Å². The van der Waals surface area contributed by atoms with Crippen LogP contribution >= 0.6 is 22.9 Å². The van der Waals surface area contributed by atoms with Crippen molar-refractivity contribution < 1.29 is 4.79 Å². The number of aromatic nitrogens is 1. The zero-order chi connectivity index (χ0) is 9.97. The third kappa shape index (κ3) is 2.25. The van der Waals surface area contributed by atoms with Gasteiger partial charge in [0.15, 0.2) is 0 Å². The second kappa shape index (κ2) is 4.28. The molecule has 2 heterocycles. The third-order valence-corrected chi connectivity index (χ3v) is 3.22. The van der Waals surface area contributed by atoms with Gasteiger partial charge in [0.1, 0.15) is 0 Å². The molecule has 1 aromatic rings. The summed E-state index contributed by atoms with van der Waals surface area (Å²) in [6, 6.07) is 0. The standard InChI is InChI=1S/C9H11ClN2OS/c10-7-3-9(13)12(4-7)2-1-8-5-14-6-11-8/h5-7H,1-4H2. The second-order valence-electron chi connectivity index (χ2n) is 3.37. The topological polar surface area (TPSA) is 33.2 Å². The summed E-state index contributed by atoms with van der Waals surface area (Å²) in [5.74, 6) is 0.167. The molecule has 1 atom stereocenters. The van der Waals surface area contributed by atoms with E-state index in [0.717, 1.165) is 18.7 Å². The molecule has 1 fully saturated rings. The number of carbonyl (C=O) groups is 1. The van der Waals surface area contributed by atoms with E-state index in [4.69, 9.17) is 11.6 Å². The van der Waals surface area contributed by atoms with E-state index in [2.05, 4.69) is 4.98 Å². The molecule has 5 heteroatoms. The van der Waals surface area contributed by atoms with Gasteiger partial charge in [-0.05, 0) is 0 Å². The molecule has 76 valence electrons. The molecule has 0 aliphatic carbocycles. The van der Waals surface area contributed by atoms with Crippen molar-refractivity contribution in [3.8, 4) is 0 Å². The number of rotatable bonds is 3. The molecule has 1 aliphatic heterocycles. The number of carbonyl (C=O) groups excluding carboxylic acids is 1. The Morgan fingerprint density at radius 3 is 3.14 bits per heavy atom. The fourth-order valence-corrected chi connectivity index (χ4v) is 2.44. The molecule has 0 saturated carbocycles. The van der Waals surface area contributed by atoms with Crippen molar-refractivity contribution in [1.82, 2.24) is 9.88 Å². The maximum atomic E-state index is 11.4. The van der Waals surface area contributed by atoms with Crippen LogP contribution < -0.4 is 0 Å². The van der Waals surface area contributed by atoms with Crippen LogP contribution in [0.25, 0.3) is 0 Å². The molecule has 0 aromatic carbocycles. The van der Waals surface area contributed by atoms with E-state index >= 15 is 0 Å². The predicted molar refractivity (Wildman–Crippen MR) is 56.7 cm³/mol. The van der Waals surface area contributed by atoms with E-state index in [0.29, 0.717) is 13.0 Å². The van der Waals surface area contributed by atoms with Gasteiger partial charge in [-0.2, -0.15) is 0 Å². The minimum Gasteiger partial charge on any atom is -0.341 e. The zero-order valence-electron chi connectivity index (χ0n) is 7.65. The summed E-state index contributed by atoms with van der Waals surface area (Å²) in [6.07, 6.45) is 1.32. The van der Waals surface area contributed by atoms with Crippen LogP contribution in [0.1, 0.15) is 12.1 Å². The van der Waals surface area contributed by atoms with Crippen LogP contribution in [0.4, 0.5) is 0 Å². The van der Waals surface area contributed by atoms with Crippen molar-refractivity contribution in [3.05, 3.63) is 16.6 Å². The number of halogens is 1. The summed E-state index contributed by atoms with van der Waals surface area (Å²) in [6.45, 7) is 1.43. The van der Waals surface area contributed by atoms with Crippen molar-refractivity contribution >= 4 is 28.8 Å². The van der Waals surface area contributed by atoms with E-state index in [9.17, 15) is 4.79 Å². The summed E-state index contributed by atoms with van der Waals surface area (Å²) >= 11 is 7.47. The molecule has 1 amide bonds. The number of nitrogens with zero attached hydrogens (tertiary/aromatic N) is 2. The Morgan fingerprint density at radius 1 is 1.71 bits per heavy atom. The predicted octanol–water partition coefficient (Wildman–Crippen LogP) is 1.53. The van der Waals surface area contributed by atoms with Gasteiger partial charge in [-0.3, -0.25) is 4.79 Å². The number of hydrogen-bond acceptors (Lipinski definition) is 3. The zero-order valence-corrected chi connectivity index (χ0v) is 9.22. The van der Waals surface area contributed by atoms with Gasteiger partial charge in [-0.25, -0.2) is 4.98 Å². The van der Waals surface area contributed by atoms with Gasteiger partial charge in [0.2, 0.25) is 5.91 Å². The Balaban J connectivity index is 1.84. The SMILES string of the molecule is O=C1CC(Cl)CN1CCc1cscn1. The van der Waals surface area contributed by atoms with Gasteiger partial charge < -0.3 is 4.90 Å². The largest absolute Gasteiger partial charge is 0.341 e. The van der Waals surface area contributed by atoms with E-state index < -0.39 is 0 Å². The van der Waals surface area contributed by atoms with Gasteiger partial charge in [0.05, 0.1) is 16.6 Å². The highest BCUT2D eigenvalue weighted by molar-refractivity contribution is 7.07. The molecule has 0 N–H and O–H groups in total. The lowest BCUT2D eigenvalue weighted by molar-refractivity contribution is -0.127. The normalized spacial score (nSPS) is 21.9. The van der Waals surface area contributed by atoms with E-state index in [1.807, 2.05) is 15.8 Å². The maximum absolute atomic E-state index is 11.4. The lowest BCUT2D eigenvalue weighted by Gasteiger charge is -2.14. The summed E-state index contributed by atoms with van der Waals surface area (Å²) in [4.78, 5) is 17.4. The molecule has 1 aliphatic rings. The van der Waals surface area contributed by atoms with Crippen LogP contribution in [0.2, 0.25) is 0 Å². The van der Waals surface area contributed by atoms with Crippen molar-refractivity contribution in [2.24, 2.45) is 0 Å². The average molecular weight is 231 g/mol. The van der Waals surface area contributed by atoms with Gasteiger partial charge in [0, 0.05) is 31.3 Å². The second-order valence-corrected chi connectivity index (χ2v) is 4.71. The highest BCUT2D eigenvalue weighted by Gasteiger charge is 2.27. The minimum absolute atomic E-state index is 0.00191. The Morgan fingerprint density at radius 2 is 2.57 bits per heavy atom. The first-order chi connectivity index (χ1) is 6.75. The van der Waals surface area contributed by atoms with Crippen molar-refractivity contribution in [3.63, 3.8) is 0 Å². The number of hydrogen-bond donors (Lipinski definition) is 0. The van der Waals surface area contributed by atoms with Crippen molar-refractivity contribution in [2.45, 2.75) is 18.2 Å². The monoisotopic (exact) mass is 230 g/mol. The molecule has 1 saturated heterocycles. The van der Waals surface area contributed by atoms with Crippen LogP contribution in [0, 0.1) is 0 Å². The summed E-state index contributed by atoms with van der Waals surface area (Å²) in [5, 5.41) is 2.01. The van der Waals surface area contributed by atoms with Gasteiger partial charge in [0.25, 0.3) is 0 Å². The molecule has 0 spiro atoms. The van der Waals surface area contributed by atoms with E-state index in [1.54, 1.807) is 11.3 Å². The summed E-state index contributed by atoms with van der Waals surface area (Å²) in [5.41, 5.74) is 2.87. The molecule has 0 radical (unpaired) electrons. The summed E-state index contributed by atoms with van der Waals surface area (Å²) < 4.78 is 0. The number of thiazole rings is 1. The van der Waals surface area contributed by atoms with Gasteiger partial charge in [-0.15, -0.1) is 22.9 Å². The highest BCUT2D eigenvalue weighted by atomic mass is 35.5. The molecule has 1 unspecified atom stereocenters. The minimum atomic E-state index is -0.00191. The molecule has 14 heavy (non-hydrogen) atoms. The Hall–Kier alpha value is -0.610. The lowest BCUT2D eigenvalue weighted by atomic mass is 10.3. The first-order valence-corrected chi connectivity index (χ1v) is 5.92. The molecule has 0 bridgehead atoms. The molecule has 1 aromatic heterocycles. The molecule has 3 nitrogen and oxygen atoms in total. The summed E-state index contributed by atoms with van der Waals surface area (Å²) in [7, 11) is 0. The third-order valence-electron chi connectivity index (χ3n) is 2.29. The highest BCUT2D eigenvalue weighted by Crippen LogP contribution is 2.16. The number of amides is 1. The van der Waals surface area contributed by atoms with Crippen molar-refractivity contribution in [1.29, 1.82) is 0 Å². The average Bonchev–Trinajstić information content (AvgIpc) is 2.72. The Labute approximate surface area is 91.7 Å². The fraction of sp³-hybridized carbons (Fsp3) is 0.556. The van der Waals surface area contributed by atoms with Gasteiger partial charge in [-0.1, -0.05) is 0 Å². The molecular weight excluding hydrogens is 220 g/mol. The Kier molecular flexibility index (Phi) is 3.03. The lowest BCUT2D eigenvalue weighted by Crippen LogP contribution is -2.27. The fourth-order valence-electron chi connectivity index (χ4n) is 1.55. The quantitative estimate of drug-likeness (QED) is 0.738. The van der Waals surface area contributed by atoms with Crippen LogP contribution in [-0.4, -0.2) is 34.3 Å². The van der Waals surface area contributed by atoms with Gasteiger partial charge >= 0.3 is 0 Å². The first-order valence-electron chi connectivity index (χ1n) is 4.54. The van der Waals surface area contributed by atoms with E-state index in [1.165, 1.54) is 0 Å². The van der Waals surface area contributed by atoms with Crippen molar-refractivity contribution in [2.75, 3.05) is 13.1 Å². The molecular formula is C9H11ClN2OS. The maximum Gasteiger partial charge on any atom is 0.224 e. The van der Waals surface area contributed by atoms with Crippen LogP contribution in [0.15, 0.2) is 10.9 Å². The first kappa shape index (κ1) is 9.93.